The zero-order valence-corrected chi connectivity index (χ0v) is 18.6. The van der Waals surface area contributed by atoms with E-state index in [2.05, 4.69) is 5.32 Å². The van der Waals surface area contributed by atoms with Crippen LogP contribution in [0.2, 0.25) is 0 Å². The molecule has 2 aromatic carbocycles. The van der Waals surface area contributed by atoms with Crippen LogP contribution in [0.5, 0.6) is 0 Å². The van der Waals surface area contributed by atoms with Gasteiger partial charge in [-0.2, -0.15) is 0 Å². The van der Waals surface area contributed by atoms with Gasteiger partial charge < -0.3 is 19.9 Å². The highest BCUT2D eigenvalue weighted by molar-refractivity contribution is 5.79. The highest BCUT2D eigenvalue weighted by Gasteiger charge is 2.29. The molecule has 0 aliphatic heterocycles. The second kappa shape index (κ2) is 9.85. The molecule has 0 unspecified atom stereocenters. The molecule has 2 aromatic rings. The van der Waals surface area contributed by atoms with Crippen molar-refractivity contribution in [3.63, 3.8) is 0 Å². The number of ether oxygens (including phenoxy) is 2. The van der Waals surface area contributed by atoms with Gasteiger partial charge in [-0.25, -0.2) is 4.79 Å². The summed E-state index contributed by atoms with van der Waals surface area (Å²) in [6.45, 7) is 5.41. The van der Waals surface area contributed by atoms with Crippen molar-refractivity contribution in [3.8, 4) is 11.1 Å². The zero-order valence-electron chi connectivity index (χ0n) is 18.6. The number of carbonyl (C=O) groups is 3. The highest BCUT2D eigenvalue weighted by atomic mass is 16.6. The first-order valence-corrected chi connectivity index (χ1v) is 10.7. The van der Waals surface area contributed by atoms with Crippen molar-refractivity contribution >= 4 is 18.0 Å². The first kappa shape index (κ1) is 23.3. The van der Waals surface area contributed by atoms with Crippen molar-refractivity contribution in [3.05, 3.63) is 59.7 Å². The number of benzene rings is 2. The van der Waals surface area contributed by atoms with Crippen LogP contribution in [0.4, 0.5) is 4.79 Å². The summed E-state index contributed by atoms with van der Waals surface area (Å²) in [7, 11) is 0. The minimum Gasteiger partial charge on any atom is -0.481 e. The van der Waals surface area contributed by atoms with E-state index >= 15 is 0 Å². The minimum absolute atomic E-state index is 0.00112. The Balaban J connectivity index is 1.59. The van der Waals surface area contributed by atoms with Crippen LogP contribution in [0.15, 0.2) is 48.5 Å². The average molecular weight is 440 g/mol. The summed E-state index contributed by atoms with van der Waals surface area (Å²) in [6.07, 6.45) is -0.876. The first-order chi connectivity index (χ1) is 15.1. The Labute approximate surface area is 187 Å². The molecule has 7 heteroatoms. The van der Waals surface area contributed by atoms with Gasteiger partial charge in [0.05, 0.1) is 6.42 Å². The Morgan fingerprint density at radius 2 is 1.56 bits per heavy atom. The quantitative estimate of drug-likeness (QED) is 0.588. The fraction of sp³-hybridized carbons (Fsp3) is 0.400. The van der Waals surface area contributed by atoms with Gasteiger partial charge in [0.15, 0.2) is 0 Å². The van der Waals surface area contributed by atoms with Crippen molar-refractivity contribution in [2.75, 3.05) is 6.61 Å². The first-order valence-electron chi connectivity index (χ1n) is 10.7. The summed E-state index contributed by atoms with van der Waals surface area (Å²) >= 11 is 0. The maximum absolute atomic E-state index is 12.4. The summed E-state index contributed by atoms with van der Waals surface area (Å²) in [5.41, 5.74) is 3.80. The van der Waals surface area contributed by atoms with E-state index in [0.29, 0.717) is 0 Å². The Kier molecular flexibility index (Phi) is 7.18. The standard InChI is InChI=1S/C25H29NO6/c1-25(2,3)32-23(29)13-12-16(14-22(27)28)26-24(30)31-15-21-19-10-6-4-8-17(19)18-9-5-7-11-20(18)21/h4-11,16,21H,12-15H2,1-3H3,(H,26,30)(H,27,28)/t16-/m0/s1. The van der Waals surface area contributed by atoms with E-state index in [0.717, 1.165) is 22.3 Å². The summed E-state index contributed by atoms with van der Waals surface area (Å²) in [4.78, 5) is 35.6. The van der Waals surface area contributed by atoms with Crippen molar-refractivity contribution in [2.45, 2.75) is 57.6 Å². The van der Waals surface area contributed by atoms with E-state index in [4.69, 9.17) is 14.6 Å². The van der Waals surface area contributed by atoms with Crippen LogP contribution in [0.1, 0.15) is 57.1 Å². The topological polar surface area (TPSA) is 102 Å². The molecule has 1 atom stereocenters. The van der Waals surface area contributed by atoms with E-state index in [1.165, 1.54) is 0 Å². The van der Waals surface area contributed by atoms with Crippen molar-refractivity contribution in [1.29, 1.82) is 0 Å². The second-order valence-electron chi connectivity index (χ2n) is 8.89. The lowest BCUT2D eigenvalue weighted by atomic mass is 9.98. The number of carboxylic acids is 1. The summed E-state index contributed by atoms with van der Waals surface area (Å²) < 4.78 is 10.7. The number of amides is 1. The average Bonchev–Trinajstić information content (AvgIpc) is 3.03. The number of aliphatic carboxylic acids is 1. The van der Waals surface area contributed by atoms with E-state index < -0.39 is 29.7 Å². The van der Waals surface area contributed by atoms with Gasteiger partial charge in [-0.3, -0.25) is 9.59 Å². The molecular weight excluding hydrogens is 410 g/mol. The molecule has 1 aliphatic rings. The number of esters is 1. The van der Waals surface area contributed by atoms with Gasteiger partial charge in [0.25, 0.3) is 0 Å². The number of carbonyl (C=O) groups excluding carboxylic acids is 2. The fourth-order valence-electron chi connectivity index (χ4n) is 3.93. The number of carboxylic acid groups (broad SMARTS) is 1. The minimum atomic E-state index is -1.07. The number of hydrogen-bond acceptors (Lipinski definition) is 5. The van der Waals surface area contributed by atoms with Crippen LogP contribution in [-0.4, -0.2) is 41.4 Å². The van der Waals surface area contributed by atoms with E-state index in [9.17, 15) is 14.4 Å². The van der Waals surface area contributed by atoms with Crippen molar-refractivity contribution in [1.82, 2.24) is 5.32 Å². The molecule has 32 heavy (non-hydrogen) atoms. The third kappa shape index (κ3) is 6.09. The molecule has 0 aromatic heterocycles. The van der Waals surface area contributed by atoms with Gasteiger partial charge in [-0.05, 0) is 49.4 Å². The molecule has 1 amide bonds. The summed E-state index contributed by atoms with van der Waals surface area (Å²) in [5.74, 6) is -1.60. The number of nitrogens with one attached hydrogen (secondary N) is 1. The molecule has 0 saturated heterocycles. The molecule has 3 rings (SSSR count). The normalized spacial score (nSPS) is 13.6. The molecule has 7 nitrogen and oxygen atoms in total. The van der Waals surface area contributed by atoms with Gasteiger partial charge in [0.1, 0.15) is 12.2 Å². The molecule has 0 bridgehead atoms. The predicted octanol–water partition coefficient (Wildman–Crippen LogP) is 4.49. The van der Waals surface area contributed by atoms with Crippen LogP contribution in [0.25, 0.3) is 11.1 Å². The number of alkyl carbamates (subject to hydrolysis) is 1. The summed E-state index contributed by atoms with van der Waals surface area (Å²) in [6, 6.07) is 15.3. The number of fused-ring (bicyclic) bond motifs is 3. The third-order valence-electron chi connectivity index (χ3n) is 5.20. The molecule has 0 saturated carbocycles. The number of rotatable bonds is 8. The third-order valence-corrected chi connectivity index (χ3v) is 5.20. The Bertz CT molecular complexity index is 948. The molecule has 0 fully saturated rings. The lowest BCUT2D eigenvalue weighted by Crippen LogP contribution is -2.38. The van der Waals surface area contributed by atoms with Crippen molar-refractivity contribution in [2.24, 2.45) is 0 Å². The van der Waals surface area contributed by atoms with Crippen LogP contribution >= 0.6 is 0 Å². The maximum atomic E-state index is 12.4. The largest absolute Gasteiger partial charge is 0.481 e. The van der Waals surface area contributed by atoms with Gasteiger partial charge in [-0.1, -0.05) is 48.5 Å². The lowest BCUT2D eigenvalue weighted by molar-refractivity contribution is -0.155. The Hall–Kier alpha value is -3.35. The lowest BCUT2D eigenvalue weighted by Gasteiger charge is -2.21. The van der Waals surface area contributed by atoms with Crippen LogP contribution in [0.3, 0.4) is 0 Å². The SMILES string of the molecule is CC(C)(C)OC(=O)CC[C@@H](CC(=O)O)NC(=O)OCC1c2ccccc2-c2ccccc21. The van der Waals surface area contributed by atoms with Gasteiger partial charge >= 0.3 is 18.0 Å². The van der Waals surface area contributed by atoms with Crippen LogP contribution < -0.4 is 5.32 Å². The molecule has 0 heterocycles. The van der Waals surface area contributed by atoms with E-state index in [1.54, 1.807) is 20.8 Å². The van der Waals surface area contributed by atoms with Crippen LogP contribution in [-0.2, 0) is 19.1 Å². The molecule has 170 valence electrons. The monoisotopic (exact) mass is 439 g/mol. The van der Waals surface area contributed by atoms with E-state index in [1.807, 2.05) is 48.5 Å². The summed E-state index contributed by atoms with van der Waals surface area (Å²) in [5, 5.41) is 11.7. The zero-order chi connectivity index (χ0) is 23.3. The number of hydrogen-bond donors (Lipinski definition) is 2. The smallest absolute Gasteiger partial charge is 0.407 e. The van der Waals surface area contributed by atoms with Gasteiger partial charge in [0.2, 0.25) is 0 Å². The molecular formula is C25H29NO6. The molecule has 2 N–H and O–H groups in total. The fourth-order valence-corrected chi connectivity index (χ4v) is 3.93. The van der Waals surface area contributed by atoms with Crippen LogP contribution in [0, 0.1) is 0 Å². The highest BCUT2D eigenvalue weighted by Crippen LogP contribution is 2.44. The van der Waals surface area contributed by atoms with E-state index in [-0.39, 0.29) is 31.8 Å². The van der Waals surface area contributed by atoms with Crippen molar-refractivity contribution < 1.29 is 29.0 Å². The Morgan fingerprint density at radius 1 is 1.00 bits per heavy atom. The molecule has 1 aliphatic carbocycles. The van der Waals surface area contributed by atoms with Gasteiger partial charge in [-0.15, -0.1) is 0 Å². The predicted molar refractivity (Wildman–Crippen MR) is 119 cm³/mol. The Morgan fingerprint density at radius 3 is 2.09 bits per heavy atom. The maximum Gasteiger partial charge on any atom is 0.407 e. The van der Waals surface area contributed by atoms with Gasteiger partial charge in [0, 0.05) is 18.4 Å². The second-order valence-corrected chi connectivity index (χ2v) is 8.89. The molecule has 0 spiro atoms. The molecule has 0 radical (unpaired) electrons.